The molecule has 0 aliphatic carbocycles. The lowest BCUT2D eigenvalue weighted by molar-refractivity contribution is -0.128. The van der Waals surface area contributed by atoms with Crippen LogP contribution in [-0.4, -0.2) is 43.5 Å². The molecule has 0 saturated heterocycles. The molecule has 1 aliphatic rings. The first kappa shape index (κ1) is 21.4. The Balaban J connectivity index is 1.64. The number of hydrogen-bond donors (Lipinski definition) is 2. The normalized spacial score (nSPS) is 15.0. The van der Waals surface area contributed by atoms with Crippen molar-refractivity contribution in [1.29, 1.82) is 0 Å². The van der Waals surface area contributed by atoms with Gasteiger partial charge in [-0.05, 0) is 37.1 Å². The number of para-hydroxylation sites is 2. The van der Waals surface area contributed by atoms with Crippen LogP contribution in [0, 0.1) is 6.92 Å². The number of aryl methyl sites for hydroxylation is 1. The molecule has 7 nitrogen and oxygen atoms in total. The Kier molecular flexibility index (Phi) is 7.06. The molecule has 2 N–H and O–H groups in total. The molecule has 158 valence electrons. The summed E-state index contributed by atoms with van der Waals surface area (Å²) in [7, 11) is 0. The van der Waals surface area contributed by atoms with Crippen molar-refractivity contribution in [3.8, 4) is 5.75 Å². The molecular weight excluding hydrogens is 382 g/mol. The highest BCUT2D eigenvalue weighted by Crippen LogP contribution is 2.33. The second-order valence-electron chi connectivity index (χ2n) is 7.19. The predicted octanol–water partition coefficient (Wildman–Crippen LogP) is 2.44. The van der Waals surface area contributed by atoms with Crippen molar-refractivity contribution >= 4 is 23.4 Å². The van der Waals surface area contributed by atoms with E-state index in [1.807, 2.05) is 38.1 Å². The second kappa shape index (κ2) is 9.91. The van der Waals surface area contributed by atoms with E-state index in [1.54, 1.807) is 29.2 Å². The topological polar surface area (TPSA) is 87.7 Å². The van der Waals surface area contributed by atoms with E-state index in [-0.39, 0.29) is 37.2 Å². The molecule has 0 radical (unpaired) electrons. The summed E-state index contributed by atoms with van der Waals surface area (Å²) < 4.78 is 5.81. The number of rotatable bonds is 7. The third kappa shape index (κ3) is 4.97. The van der Waals surface area contributed by atoms with Crippen molar-refractivity contribution in [3.05, 3.63) is 59.7 Å². The van der Waals surface area contributed by atoms with E-state index in [9.17, 15) is 14.4 Å². The van der Waals surface area contributed by atoms with Gasteiger partial charge in [0.2, 0.25) is 5.91 Å². The van der Waals surface area contributed by atoms with Crippen molar-refractivity contribution in [2.24, 2.45) is 0 Å². The third-order valence-corrected chi connectivity index (χ3v) is 4.93. The van der Waals surface area contributed by atoms with Crippen LogP contribution >= 0.6 is 0 Å². The van der Waals surface area contributed by atoms with Gasteiger partial charge in [0.25, 0.3) is 11.8 Å². The van der Waals surface area contributed by atoms with Crippen LogP contribution in [-0.2, 0) is 9.59 Å². The van der Waals surface area contributed by atoms with Crippen LogP contribution in [0.25, 0.3) is 0 Å². The van der Waals surface area contributed by atoms with Crippen LogP contribution in [0.5, 0.6) is 5.75 Å². The standard InChI is InChI=1S/C23H27N3O4/c1-3-13-24-23(29)20-15-26(18-10-6-7-11-19(18)30-20)21(27)12-14-25-22(28)17-9-5-4-8-16(17)2/h4-11,20H,3,12-15H2,1-2H3,(H,24,29)(H,25,28)/t20-/m1/s1. The molecule has 7 heteroatoms. The maximum atomic E-state index is 12.9. The zero-order valence-electron chi connectivity index (χ0n) is 17.3. The van der Waals surface area contributed by atoms with Gasteiger partial charge in [-0.25, -0.2) is 0 Å². The Morgan fingerprint density at radius 3 is 2.53 bits per heavy atom. The van der Waals surface area contributed by atoms with Crippen LogP contribution in [0.15, 0.2) is 48.5 Å². The summed E-state index contributed by atoms with van der Waals surface area (Å²) in [5.74, 6) is -0.126. The summed E-state index contributed by atoms with van der Waals surface area (Å²) >= 11 is 0. The maximum Gasteiger partial charge on any atom is 0.262 e. The molecule has 0 saturated carbocycles. The monoisotopic (exact) mass is 409 g/mol. The molecule has 1 atom stereocenters. The summed E-state index contributed by atoms with van der Waals surface area (Å²) in [4.78, 5) is 39.2. The fourth-order valence-electron chi connectivity index (χ4n) is 3.31. The Hall–Kier alpha value is -3.35. The van der Waals surface area contributed by atoms with Gasteiger partial charge < -0.3 is 20.3 Å². The molecule has 2 aromatic rings. The maximum absolute atomic E-state index is 12.9. The van der Waals surface area contributed by atoms with E-state index in [0.717, 1.165) is 12.0 Å². The van der Waals surface area contributed by atoms with Crippen molar-refractivity contribution < 1.29 is 19.1 Å². The van der Waals surface area contributed by atoms with Crippen LogP contribution in [0.2, 0.25) is 0 Å². The minimum atomic E-state index is -0.767. The fraction of sp³-hybridized carbons (Fsp3) is 0.348. The van der Waals surface area contributed by atoms with Gasteiger partial charge >= 0.3 is 0 Å². The largest absolute Gasteiger partial charge is 0.477 e. The quantitative estimate of drug-likeness (QED) is 0.735. The molecule has 1 heterocycles. The van der Waals surface area contributed by atoms with E-state index in [1.165, 1.54) is 0 Å². The molecule has 0 bridgehead atoms. The molecule has 30 heavy (non-hydrogen) atoms. The first-order chi connectivity index (χ1) is 14.5. The predicted molar refractivity (Wildman–Crippen MR) is 115 cm³/mol. The van der Waals surface area contributed by atoms with Crippen LogP contribution < -0.4 is 20.3 Å². The zero-order chi connectivity index (χ0) is 21.5. The number of carbonyl (C=O) groups is 3. The smallest absolute Gasteiger partial charge is 0.262 e. The highest BCUT2D eigenvalue weighted by molar-refractivity contribution is 5.98. The molecular formula is C23H27N3O4. The van der Waals surface area contributed by atoms with E-state index in [0.29, 0.717) is 23.5 Å². The minimum Gasteiger partial charge on any atom is -0.477 e. The SMILES string of the molecule is CCCNC(=O)[C@H]1CN(C(=O)CCNC(=O)c2ccccc2C)c2ccccc2O1. The molecule has 1 aliphatic heterocycles. The van der Waals surface area contributed by atoms with Gasteiger partial charge in [-0.1, -0.05) is 37.3 Å². The summed E-state index contributed by atoms with van der Waals surface area (Å²) in [5, 5.41) is 5.61. The molecule has 2 aromatic carbocycles. The van der Waals surface area contributed by atoms with Gasteiger partial charge in [-0.15, -0.1) is 0 Å². The molecule has 3 rings (SSSR count). The molecule has 0 spiro atoms. The van der Waals surface area contributed by atoms with Crippen molar-refractivity contribution in [2.45, 2.75) is 32.8 Å². The number of nitrogens with zero attached hydrogens (tertiary/aromatic N) is 1. The van der Waals surface area contributed by atoms with Gasteiger partial charge in [-0.3, -0.25) is 14.4 Å². The van der Waals surface area contributed by atoms with Crippen LogP contribution in [0.3, 0.4) is 0 Å². The van der Waals surface area contributed by atoms with Gasteiger partial charge in [-0.2, -0.15) is 0 Å². The summed E-state index contributed by atoms with van der Waals surface area (Å²) in [5.41, 5.74) is 2.10. The Labute approximate surface area is 176 Å². The van der Waals surface area contributed by atoms with Crippen molar-refractivity contribution in [3.63, 3.8) is 0 Å². The van der Waals surface area contributed by atoms with E-state index in [4.69, 9.17) is 4.74 Å². The Bertz CT molecular complexity index is 928. The number of hydrogen-bond acceptors (Lipinski definition) is 4. The first-order valence-electron chi connectivity index (χ1n) is 10.2. The number of nitrogens with one attached hydrogen (secondary N) is 2. The lowest BCUT2D eigenvalue weighted by Crippen LogP contribution is -2.51. The highest BCUT2D eigenvalue weighted by Gasteiger charge is 2.33. The number of anilines is 1. The van der Waals surface area contributed by atoms with E-state index >= 15 is 0 Å². The fourth-order valence-corrected chi connectivity index (χ4v) is 3.31. The van der Waals surface area contributed by atoms with E-state index < -0.39 is 6.10 Å². The van der Waals surface area contributed by atoms with Crippen molar-refractivity contribution in [1.82, 2.24) is 10.6 Å². The Morgan fingerprint density at radius 2 is 1.77 bits per heavy atom. The molecule has 3 amide bonds. The van der Waals surface area contributed by atoms with Crippen LogP contribution in [0.4, 0.5) is 5.69 Å². The number of amides is 3. The molecule has 0 fully saturated rings. The summed E-state index contributed by atoms with van der Waals surface area (Å²) in [6.45, 7) is 4.74. The number of fused-ring (bicyclic) bond motifs is 1. The Morgan fingerprint density at radius 1 is 1.03 bits per heavy atom. The van der Waals surface area contributed by atoms with Gasteiger partial charge in [0, 0.05) is 25.1 Å². The van der Waals surface area contributed by atoms with Crippen molar-refractivity contribution in [2.75, 3.05) is 24.5 Å². The lowest BCUT2D eigenvalue weighted by atomic mass is 10.1. The average molecular weight is 409 g/mol. The minimum absolute atomic E-state index is 0.120. The van der Waals surface area contributed by atoms with E-state index in [2.05, 4.69) is 10.6 Å². The number of carbonyl (C=O) groups excluding carboxylic acids is 3. The van der Waals surface area contributed by atoms with Gasteiger partial charge in [0.05, 0.1) is 12.2 Å². The molecule has 0 aromatic heterocycles. The van der Waals surface area contributed by atoms with Gasteiger partial charge in [0.15, 0.2) is 6.10 Å². The summed E-state index contributed by atoms with van der Waals surface area (Å²) in [6.07, 6.45) is 0.171. The summed E-state index contributed by atoms with van der Waals surface area (Å²) in [6, 6.07) is 14.5. The van der Waals surface area contributed by atoms with Gasteiger partial charge in [0.1, 0.15) is 5.75 Å². The third-order valence-electron chi connectivity index (χ3n) is 4.93. The number of ether oxygens (including phenoxy) is 1. The second-order valence-corrected chi connectivity index (χ2v) is 7.19. The van der Waals surface area contributed by atoms with Crippen LogP contribution in [0.1, 0.15) is 35.7 Å². The molecule has 0 unspecified atom stereocenters. The highest BCUT2D eigenvalue weighted by atomic mass is 16.5. The lowest BCUT2D eigenvalue weighted by Gasteiger charge is -2.34. The first-order valence-corrected chi connectivity index (χ1v) is 10.2. The zero-order valence-corrected chi connectivity index (χ0v) is 17.3. The number of benzene rings is 2. The average Bonchev–Trinajstić information content (AvgIpc) is 2.76.